The summed E-state index contributed by atoms with van der Waals surface area (Å²) in [6.45, 7) is 5.59. The molecule has 0 saturated heterocycles. The molecule has 0 aromatic heterocycles. The fourth-order valence-electron chi connectivity index (χ4n) is 4.87. The molecule has 1 aliphatic rings. The summed E-state index contributed by atoms with van der Waals surface area (Å²) in [4.78, 5) is 48.5. The Bertz CT molecular complexity index is 1270. The van der Waals surface area contributed by atoms with E-state index < -0.39 is 46.5 Å². The molecule has 3 rings (SSSR count). The summed E-state index contributed by atoms with van der Waals surface area (Å²) in [6.07, 6.45) is 3.52. The predicted octanol–water partition coefficient (Wildman–Crippen LogP) is -3.22. The number of carboxylic acid groups (broad SMARTS) is 2. The summed E-state index contributed by atoms with van der Waals surface area (Å²) in [5.74, 6) is -4.20. The zero-order valence-corrected chi connectivity index (χ0v) is 28.7. The van der Waals surface area contributed by atoms with Gasteiger partial charge in [0, 0.05) is 11.6 Å². The van der Waals surface area contributed by atoms with Crippen molar-refractivity contribution < 1.29 is 88.5 Å². The molecular weight excluding hydrogens is 577 g/mol. The van der Waals surface area contributed by atoms with Crippen LogP contribution in [0, 0.1) is 16.7 Å². The van der Waals surface area contributed by atoms with Gasteiger partial charge in [0.1, 0.15) is 0 Å². The molecule has 0 unspecified atom stereocenters. The maximum absolute atomic E-state index is 13.1. The van der Waals surface area contributed by atoms with Crippen molar-refractivity contribution in [3.8, 4) is 0 Å². The number of hydrogen-bond acceptors (Lipinski definition) is 6. The number of anilines is 1. The zero-order valence-electron chi connectivity index (χ0n) is 23.2. The van der Waals surface area contributed by atoms with Gasteiger partial charge in [0.2, 0.25) is 5.91 Å². The SMILES string of the molecule is CC1(C)[C@@H](C(=O)N[C@@H](Cc2ccc(NC(=O)c3c(Cl)cccc3Cl)cc2)C(=O)[O-])CC[C@@]1(C)/C=C/C(=O)[O-].[Na+].[Na+]. The van der Waals surface area contributed by atoms with Crippen LogP contribution in [0.1, 0.15) is 49.5 Å². The Hall–Kier alpha value is -1.36. The first-order valence-electron chi connectivity index (χ1n) is 12.0. The molecule has 0 heterocycles. The molecule has 8 nitrogen and oxygen atoms in total. The molecule has 0 radical (unpaired) electrons. The Morgan fingerprint density at radius 2 is 1.57 bits per heavy atom. The number of allylic oxidation sites excluding steroid dienone is 1. The largest absolute Gasteiger partial charge is 1.00 e. The van der Waals surface area contributed by atoms with Crippen LogP contribution < -0.4 is 80.0 Å². The van der Waals surface area contributed by atoms with Crippen molar-refractivity contribution in [3.05, 3.63) is 75.8 Å². The fourth-order valence-corrected chi connectivity index (χ4v) is 5.44. The van der Waals surface area contributed by atoms with Crippen molar-refractivity contribution in [2.24, 2.45) is 16.7 Å². The van der Waals surface area contributed by atoms with E-state index in [-0.39, 0.29) is 81.1 Å². The Morgan fingerprint density at radius 1 is 1.00 bits per heavy atom. The molecule has 2 aromatic carbocycles. The van der Waals surface area contributed by atoms with Crippen LogP contribution in [-0.2, 0) is 20.8 Å². The summed E-state index contributed by atoms with van der Waals surface area (Å²) >= 11 is 12.2. The molecule has 1 aliphatic carbocycles. The van der Waals surface area contributed by atoms with Crippen LogP contribution in [0.15, 0.2) is 54.6 Å². The smallest absolute Gasteiger partial charge is 0.548 e. The van der Waals surface area contributed by atoms with Crippen molar-refractivity contribution in [2.45, 2.75) is 46.1 Å². The Morgan fingerprint density at radius 3 is 2.10 bits per heavy atom. The van der Waals surface area contributed by atoms with Crippen LogP contribution in [0.25, 0.3) is 0 Å². The summed E-state index contributed by atoms with van der Waals surface area (Å²) in [7, 11) is 0. The van der Waals surface area contributed by atoms with E-state index >= 15 is 0 Å². The van der Waals surface area contributed by atoms with E-state index in [9.17, 15) is 29.4 Å². The van der Waals surface area contributed by atoms with Crippen LogP contribution in [0.2, 0.25) is 10.0 Å². The van der Waals surface area contributed by atoms with Crippen molar-refractivity contribution in [1.82, 2.24) is 5.32 Å². The number of benzene rings is 2. The molecule has 2 aromatic rings. The van der Waals surface area contributed by atoms with Crippen LogP contribution >= 0.6 is 23.2 Å². The van der Waals surface area contributed by atoms with E-state index in [0.29, 0.717) is 24.1 Å². The van der Waals surface area contributed by atoms with Crippen LogP contribution in [0.5, 0.6) is 0 Å². The topological polar surface area (TPSA) is 138 Å². The van der Waals surface area contributed by atoms with Crippen molar-refractivity contribution in [3.63, 3.8) is 0 Å². The average molecular weight is 605 g/mol. The normalized spacial score (nSPS) is 20.1. The number of rotatable bonds is 9. The molecular formula is C28H28Cl2N2Na2O6. The molecule has 40 heavy (non-hydrogen) atoms. The van der Waals surface area contributed by atoms with E-state index in [1.807, 2.05) is 20.8 Å². The predicted molar refractivity (Wildman–Crippen MR) is 140 cm³/mol. The quantitative estimate of drug-likeness (QED) is 0.228. The van der Waals surface area contributed by atoms with Gasteiger partial charge >= 0.3 is 59.1 Å². The third-order valence-electron chi connectivity index (χ3n) is 7.64. The standard InChI is InChI=1S/C28H30Cl2N2O6.2Na/c1-27(2)18(11-13-28(27,3)14-12-22(33)34)24(35)32-21(26(37)38)15-16-7-9-17(10-8-16)31-25(36)23-19(29)5-4-6-20(23)30;;/h4-10,12,14,18,21H,11,13,15H2,1-3H3,(H,31,36)(H,32,35)(H,33,34)(H,37,38);;/q;2*+1/p-2/b14-12+;;/t18-,21+,28+;;/m1../s1. The van der Waals surface area contributed by atoms with Gasteiger partial charge < -0.3 is 30.4 Å². The number of nitrogens with one attached hydrogen (secondary N) is 2. The minimum Gasteiger partial charge on any atom is -0.548 e. The average Bonchev–Trinajstić information content (AvgIpc) is 3.07. The van der Waals surface area contributed by atoms with Gasteiger partial charge in [0.05, 0.1) is 33.6 Å². The first-order chi connectivity index (χ1) is 17.7. The van der Waals surface area contributed by atoms with Crippen molar-refractivity contribution in [1.29, 1.82) is 0 Å². The second-order valence-electron chi connectivity index (χ2n) is 10.2. The maximum atomic E-state index is 13.1. The third kappa shape index (κ3) is 8.58. The number of carbonyl (C=O) groups is 4. The molecule has 0 bridgehead atoms. The number of amides is 2. The zero-order chi connectivity index (χ0) is 28.3. The maximum Gasteiger partial charge on any atom is 1.00 e. The molecule has 2 N–H and O–H groups in total. The second kappa shape index (κ2) is 15.2. The summed E-state index contributed by atoms with van der Waals surface area (Å²) < 4.78 is 0. The van der Waals surface area contributed by atoms with Gasteiger partial charge in [-0.25, -0.2) is 0 Å². The van der Waals surface area contributed by atoms with Crippen molar-refractivity contribution >= 4 is 52.6 Å². The van der Waals surface area contributed by atoms with E-state index in [0.717, 1.165) is 6.08 Å². The number of aliphatic carboxylic acids is 2. The summed E-state index contributed by atoms with van der Waals surface area (Å²) in [6, 6.07) is 9.91. The number of halogens is 2. The first-order valence-corrected chi connectivity index (χ1v) is 12.8. The summed E-state index contributed by atoms with van der Waals surface area (Å²) in [5, 5.41) is 28.5. The van der Waals surface area contributed by atoms with E-state index in [1.54, 1.807) is 48.5 Å². The number of hydrogen-bond donors (Lipinski definition) is 2. The molecule has 1 fully saturated rings. The van der Waals surface area contributed by atoms with Crippen molar-refractivity contribution in [2.75, 3.05) is 5.32 Å². The molecule has 2 amide bonds. The van der Waals surface area contributed by atoms with Gasteiger partial charge in [-0.3, -0.25) is 9.59 Å². The molecule has 1 saturated carbocycles. The fraction of sp³-hybridized carbons (Fsp3) is 0.357. The van der Waals surface area contributed by atoms with Gasteiger partial charge in [0.15, 0.2) is 0 Å². The molecule has 0 spiro atoms. The van der Waals surface area contributed by atoms with E-state index in [2.05, 4.69) is 10.6 Å². The second-order valence-corrected chi connectivity index (χ2v) is 11.0. The molecule has 0 aliphatic heterocycles. The van der Waals surface area contributed by atoms with Gasteiger partial charge in [0.25, 0.3) is 5.91 Å². The van der Waals surface area contributed by atoms with Crippen LogP contribution in [0.3, 0.4) is 0 Å². The van der Waals surface area contributed by atoms with E-state index in [4.69, 9.17) is 23.2 Å². The monoisotopic (exact) mass is 604 g/mol. The Labute approximate surface area is 287 Å². The molecule has 202 valence electrons. The minimum atomic E-state index is -1.43. The molecule has 3 atom stereocenters. The van der Waals surface area contributed by atoms with Gasteiger partial charge in [-0.2, -0.15) is 0 Å². The van der Waals surface area contributed by atoms with Gasteiger partial charge in [-0.1, -0.05) is 68.2 Å². The Balaban J connectivity index is 0.00000400. The van der Waals surface area contributed by atoms with Crippen LogP contribution in [0.4, 0.5) is 5.69 Å². The number of carbonyl (C=O) groups excluding carboxylic acids is 4. The van der Waals surface area contributed by atoms with Gasteiger partial charge in [-0.15, -0.1) is 0 Å². The van der Waals surface area contributed by atoms with Gasteiger partial charge in [-0.05, 0) is 66.0 Å². The molecule has 12 heteroatoms. The Kier molecular flexibility index (Phi) is 13.9. The minimum absolute atomic E-state index is 0. The van der Waals surface area contributed by atoms with Crippen LogP contribution in [-0.4, -0.2) is 29.8 Å². The van der Waals surface area contributed by atoms with E-state index in [1.165, 1.54) is 0 Å². The number of carboxylic acids is 2. The first kappa shape index (κ1) is 36.7. The summed E-state index contributed by atoms with van der Waals surface area (Å²) in [5.41, 5.74) is -0.0356. The third-order valence-corrected chi connectivity index (χ3v) is 8.27.